The minimum atomic E-state index is -0.283. The number of rotatable bonds is 9. The third-order valence-corrected chi connectivity index (χ3v) is 14.3. The summed E-state index contributed by atoms with van der Waals surface area (Å²) in [6, 6.07) is 9.61. The second kappa shape index (κ2) is 16.1. The Morgan fingerprint density at radius 3 is 2.38 bits per heavy atom. The summed E-state index contributed by atoms with van der Waals surface area (Å²) in [6.07, 6.45) is 34.3. The van der Waals surface area contributed by atoms with Crippen LogP contribution in [-0.4, -0.2) is 20.8 Å². The van der Waals surface area contributed by atoms with E-state index in [2.05, 4.69) is 168 Å². The van der Waals surface area contributed by atoms with Crippen LogP contribution in [0.15, 0.2) is 165 Å². The topological polar surface area (TPSA) is 0 Å². The summed E-state index contributed by atoms with van der Waals surface area (Å²) in [4.78, 5) is 1.47. The van der Waals surface area contributed by atoms with Crippen molar-refractivity contribution in [3.63, 3.8) is 0 Å². The molecular weight excluding hydrogens is 654 g/mol. The highest BCUT2D eigenvalue weighted by molar-refractivity contribution is 8.05. The summed E-state index contributed by atoms with van der Waals surface area (Å²) < 4.78 is 0. The molecule has 0 amide bonds. The Hall–Kier alpha value is -3.42. The van der Waals surface area contributed by atoms with Crippen molar-refractivity contribution in [3.8, 4) is 0 Å². The Balaban J connectivity index is 1.72. The molecule has 0 aromatic heterocycles. The van der Waals surface area contributed by atoms with E-state index in [9.17, 15) is 0 Å². The van der Waals surface area contributed by atoms with Crippen LogP contribution in [0.4, 0.5) is 0 Å². The Kier molecular flexibility index (Phi) is 12.0. The van der Waals surface area contributed by atoms with E-state index < -0.39 is 0 Å². The van der Waals surface area contributed by atoms with Crippen molar-refractivity contribution in [2.24, 2.45) is 23.2 Å². The zero-order valence-corrected chi connectivity index (χ0v) is 35.1. The van der Waals surface area contributed by atoms with Gasteiger partial charge in [-0.05, 0) is 118 Å². The normalized spacial score (nSPS) is 32.0. The molecule has 0 saturated heterocycles. The lowest BCUT2D eigenvalue weighted by atomic mass is 9.58. The quantitative estimate of drug-likeness (QED) is 0.139. The molecule has 3 heteroatoms. The van der Waals surface area contributed by atoms with E-state index in [4.69, 9.17) is 6.58 Å². The van der Waals surface area contributed by atoms with Gasteiger partial charge in [-0.1, -0.05) is 158 Å². The van der Waals surface area contributed by atoms with Crippen molar-refractivity contribution in [1.82, 2.24) is 0 Å². The van der Waals surface area contributed by atoms with E-state index in [0.717, 1.165) is 44.9 Å². The average Bonchev–Trinajstić information content (AvgIpc) is 3.65. The van der Waals surface area contributed by atoms with Crippen LogP contribution in [0.2, 0.25) is 0 Å². The summed E-state index contributed by atoms with van der Waals surface area (Å²) in [7, 11) is 4.78. The Morgan fingerprint density at radius 1 is 0.981 bits per heavy atom. The summed E-state index contributed by atoms with van der Waals surface area (Å²) in [5, 5.41) is 0.522. The van der Waals surface area contributed by atoms with E-state index in [-0.39, 0.29) is 16.7 Å². The number of fused-ring (bicyclic) bond motifs is 1. The summed E-state index contributed by atoms with van der Waals surface area (Å²) >= 11 is 2.08. The molecule has 0 N–H and O–H groups in total. The van der Waals surface area contributed by atoms with E-state index in [1.807, 2.05) is 6.08 Å². The van der Waals surface area contributed by atoms with Gasteiger partial charge in [-0.25, -0.2) is 0 Å². The molecule has 53 heavy (non-hydrogen) atoms. The molecule has 0 saturated carbocycles. The smallest absolute Gasteiger partial charge is 0.131 e. The Labute approximate surface area is 329 Å². The second-order valence-corrected chi connectivity index (χ2v) is 18.4. The molecule has 0 radical (unpaired) electrons. The predicted octanol–water partition coefficient (Wildman–Crippen LogP) is 12.2. The van der Waals surface area contributed by atoms with E-state index in [1.165, 1.54) is 60.5 Å². The number of thioether (sulfide) groups is 1. The van der Waals surface area contributed by atoms with Crippen LogP contribution in [0, 0.1) is 30.1 Å². The van der Waals surface area contributed by atoms with Crippen molar-refractivity contribution in [1.29, 1.82) is 0 Å². The fraction of sp³-hybridized carbons (Fsp3) is 0.400. The van der Waals surface area contributed by atoms with Crippen molar-refractivity contribution in [2.75, 3.05) is 0 Å². The minimum absolute atomic E-state index is 0.269. The van der Waals surface area contributed by atoms with Gasteiger partial charge in [0.05, 0.1) is 0 Å². The highest BCUT2D eigenvalue weighted by atomic mass is 32.2. The molecule has 1 aliphatic heterocycles. The van der Waals surface area contributed by atoms with Gasteiger partial charge in [0, 0.05) is 21.7 Å². The summed E-state index contributed by atoms with van der Waals surface area (Å²) in [6.45, 7) is 25.3. The molecule has 274 valence electrons. The van der Waals surface area contributed by atoms with Crippen LogP contribution < -0.4 is 0 Å². The van der Waals surface area contributed by atoms with Gasteiger partial charge in [0.15, 0.2) is 0 Å². The summed E-state index contributed by atoms with van der Waals surface area (Å²) in [5.74, 6) is 1.14. The molecule has 4 aliphatic carbocycles. The monoisotopic (exact) mass is 716 g/mol. The fourth-order valence-electron chi connectivity index (χ4n) is 10.00. The van der Waals surface area contributed by atoms with Crippen molar-refractivity contribution in [3.05, 3.63) is 176 Å². The highest BCUT2D eigenvalue weighted by Gasteiger charge is 2.54. The van der Waals surface area contributed by atoms with Crippen LogP contribution in [0.25, 0.3) is 0 Å². The van der Waals surface area contributed by atoms with Gasteiger partial charge in [0.25, 0.3) is 0 Å². The van der Waals surface area contributed by atoms with Crippen LogP contribution in [0.3, 0.4) is 0 Å². The molecule has 1 aromatic rings. The zero-order valence-electron chi connectivity index (χ0n) is 34.2. The maximum Gasteiger partial charge on any atom is 0.133 e. The Bertz CT molecular complexity index is 1960. The van der Waals surface area contributed by atoms with Crippen LogP contribution >= 0.6 is 11.8 Å². The Morgan fingerprint density at radius 2 is 1.74 bits per heavy atom. The number of benzene rings is 1. The van der Waals surface area contributed by atoms with Gasteiger partial charge in [0.2, 0.25) is 0 Å². The predicted molar refractivity (Wildman–Crippen MR) is 241 cm³/mol. The van der Waals surface area contributed by atoms with Gasteiger partial charge >= 0.3 is 0 Å². The first-order valence-electron chi connectivity index (χ1n) is 20.3. The SMILES string of the molecule is B/C(=C/C1=C(C)C2CC(=C)C3=C(CC(B)S3)C(C3=CCC(C)C=C3)(/C(C)=C/C=C(/C)C=C)C/C=C\2C1(c1ccc(C)cc1)C1C=CC(C)=CC1)CCC. The number of aryl methyl sites for hydroxylation is 1. The largest absolute Gasteiger partial charge is 0.133 e. The van der Waals surface area contributed by atoms with Gasteiger partial charge in [-0.3, -0.25) is 0 Å². The second-order valence-electron chi connectivity index (χ2n) is 16.9. The van der Waals surface area contributed by atoms with Crippen molar-refractivity contribution in [2.45, 2.75) is 104 Å². The molecule has 0 bridgehead atoms. The first-order chi connectivity index (χ1) is 25.4. The van der Waals surface area contributed by atoms with E-state index >= 15 is 0 Å². The molecule has 6 atom stereocenters. The molecule has 5 aliphatic rings. The third-order valence-electron chi connectivity index (χ3n) is 13.0. The number of allylic oxidation sites excluding steroid dienone is 21. The number of hydrogen-bond acceptors (Lipinski definition) is 1. The van der Waals surface area contributed by atoms with E-state index in [0.29, 0.717) is 17.0 Å². The molecular formula is C50H62B2S. The minimum Gasteiger partial charge on any atom is -0.131 e. The maximum absolute atomic E-state index is 5.02. The number of hydrogen-bond donors (Lipinski definition) is 0. The van der Waals surface area contributed by atoms with Crippen LogP contribution in [0.5, 0.6) is 0 Å². The van der Waals surface area contributed by atoms with Crippen molar-refractivity contribution < 1.29 is 0 Å². The molecule has 1 heterocycles. The third kappa shape index (κ3) is 7.25. The lowest BCUT2D eigenvalue weighted by Gasteiger charge is -2.44. The lowest BCUT2D eigenvalue weighted by molar-refractivity contribution is 0.424. The molecule has 0 fully saturated rings. The van der Waals surface area contributed by atoms with E-state index in [1.54, 1.807) is 11.1 Å². The zero-order chi connectivity index (χ0) is 38.1. The van der Waals surface area contributed by atoms with Crippen LogP contribution in [0.1, 0.15) is 97.6 Å². The first kappa shape index (κ1) is 39.3. The lowest BCUT2D eigenvalue weighted by Crippen LogP contribution is -2.38. The van der Waals surface area contributed by atoms with Gasteiger partial charge in [0.1, 0.15) is 15.7 Å². The van der Waals surface area contributed by atoms with Gasteiger partial charge in [-0.15, -0.1) is 17.2 Å². The molecule has 0 nitrogen and oxygen atoms in total. The molecule has 0 spiro atoms. The van der Waals surface area contributed by atoms with Gasteiger partial charge < -0.3 is 0 Å². The standard InChI is InChI=1S/C50H62B2S/c1-10-12-42(51)30-45-38(9)43-29-36(7)48-46(31-47(52)53-48)49(37(8)20-13-32(3)11-2,39-21-14-33(4)15-22-39)28-27-44(43)50(45,40-23-16-34(5)17-24-40)41-25-18-35(6)19-26-41/h11,13-14,16-25,27,30,33,41,43,47H,2,7,10,12,15,26,28-29,31,51-52H2,1,3-6,8-9H3/b32-13-,37-20+,42-30+,44-27+. The molecule has 6 unspecified atom stereocenters. The average molecular weight is 717 g/mol. The van der Waals surface area contributed by atoms with Crippen LogP contribution in [-0.2, 0) is 5.41 Å². The highest BCUT2D eigenvalue weighted by Crippen LogP contribution is 2.64. The summed E-state index contributed by atoms with van der Waals surface area (Å²) in [5.41, 5.74) is 16.6. The molecule has 6 rings (SSSR count). The van der Waals surface area contributed by atoms with Gasteiger partial charge in [-0.2, -0.15) is 0 Å². The van der Waals surface area contributed by atoms with Crippen molar-refractivity contribution >= 4 is 27.5 Å². The fourth-order valence-corrected chi connectivity index (χ4v) is 11.3. The maximum atomic E-state index is 5.02. The first-order valence-corrected chi connectivity index (χ1v) is 21.2. The molecule has 1 aromatic carbocycles.